The van der Waals surface area contributed by atoms with E-state index in [0.29, 0.717) is 0 Å². The third-order valence-electron chi connectivity index (χ3n) is 10.4. The van der Waals surface area contributed by atoms with Crippen LogP contribution in [0.15, 0.2) is 176 Å². The third-order valence-corrected chi connectivity index (χ3v) is 11.5. The van der Waals surface area contributed by atoms with E-state index < -0.39 is 0 Å². The van der Waals surface area contributed by atoms with Gasteiger partial charge in [0, 0.05) is 49.2 Å². The number of pyridine rings is 1. The second-order valence-electron chi connectivity index (χ2n) is 13.2. The van der Waals surface area contributed by atoms with E-state index >= 15 is 0 Å². The van der Waals surface area contributed by atoms with Gasteiger partial charge >= 0.3 is 0 Å². The Bertz CT molecular complexity index is 3130. The maximum atomic E-state index is 4.77. The van der Waals surface area contributed by atoms with Gasteiger partial charge in [-0.05, 0) is 107 Å². The second-order valence-corrected chi connectivity index (χ2v) is 14.3. The summed E-state index contributed by atoms with van der Waals surface area (Å²) in [4.78, 5) is 4.77. The summed E-state index contributed by atoms with van der Waals surface area (Å²) in [7, 11) is 0. The van der Waals surface area contributed by atoms with Crippen molar-refractivity contribution in [3.63, 3.8) is 0 Å². The van der Waals surface area contributed by atoms with E-state index in [0.717, 1.165) is 11.2 Å². The lowest BCUT2D eigenvalue weighted by Gasteiger charge is -2.10. The van der Waals surface area contributed by atoms with Crippen LogP contribution in [-0.2, 0) is 0 Å². The maximum Gasteiger partial charge on any atom is 0.0889 e. The molecular formula is C47H29N3S. The first kappa shape index (κ1) is 28.4. The van der Waals surface area contributed by atoms with Crippen LogP contribution < -0.4 is 0 Å². The first-order valence-electron chi connectivity index (χ1n) is 17.3. The molecule has 0 atom stereocenters. The molecule has 0 aliphatic carbocycles. The van der Waals surface area contributed by atoms with Crippen LogP contribution in [0.4, 0.5) is 0 Å². The van der Waals surface area contributed by atoms with Crippen LogP contribution >= 0.6 is 11.3 Å². The number of thiophene rings is 1. The summed E-state index contributed by atoms with van der Waals surface area (Å²) in [6.45, 7) is 0. The average Bonchev–Trinajstić information content (AvgIpc) is 3.85. The van der Waals surface area contributed by atoms with E-state index in [1.165, 1.54) is 86.3 Å². The molecule has 11 aromatic rings. The number of aromatic nitrogens is 3. The Hall–Kier alpha value is -6.49. The number of para-hydroxylation sites is 2. The zero-order chi connectivity index (χ0) is 33.5. The quantitative estimate of drug-likeness (QED) is 0.183. The Morgan fingerprint density at radius 2 is 0.922 bits per heavy atom. The molecule has 3 nitrogen and oxygen atoms in total. The van der Waals surface area contributed by atoms with Gasteiger partial charge < -0.3 is 9.13 Å². The van der Waals surface area contributed by atoms with Gasteiger partial charge in [0.25, 0.3) is 0 Å². The summed E-state index contributed by atoms with van der Waals surface area (Å²) < 4.78 is 7.27. The minimum atomic E-state index is 1.07. The van der Waals surface area contributed by atoms with Crippen molar-refractivity contribution in [2.24, 2.45) is 0 Å². The molecule has 0 N–H and O–H groups in total. The summed E-state index contributed by atoms with van der Waals surface area (Å²) in [5.41, 5.74) is 13.0. The minimum absolute atomic E-state index is 1.07. The highest BCUT2D eigenvalue weighted by Gasteiger charge is 2.18. The van der Waals surface area contributed by atoms with Gasteiger partial charge in [0.2, 0.25) is 0 Å². The first-order chi connectivity index (χ1) is 25.3. The molecule has 11 rings (SSSR count). The predicted molar refractivity (Wildman–Crippen MR) is 217 cm³/mol. The molecular weight excluding hydrogens is 639 g/mol. The number of fused-ring (bicyclic) bond motifs is 9. The molecule has 0 amide bonds. The summed E-state index contributed by atoms with van der Waals surface area (Å²) in [6.07, 6.45) is 1.89. The molecule has 0 aliphatic rings. The van der Waals surface area contributed by atoms with Gasteiger partial charge in [0.05, 0.1) is 32.3 Å². The number of benzene rings is 7. The van der Waals surface area contributed by atoms with Crippen LogP contribution in [-0.4, -0.2) is 14.1 Å². The highest BCUT2D eigenvalue weighted by molar-refractivity contribution is 7.25. The lowest BCUT2D eigenvalue weighted by molar-refractivity contribution is 1.18. The molecule has 51 heavy (non-hydrogen) atoms. The fourth-order valence-corrected chi connectivity index (χ4v) is 9.07. The fraction of sp³-hybridized carbons (Fsp3) is 0. The van der Waals surface area contributed by atoms with Crippen LogP contribution in [0.1, 0.15) is 0 Å². The summed E-state index contributed by atoms with van der Waals surface area (Å²) in [5, 5.41) is 6.19. The summed E-state index contributed by atoms with van der Waals surface area (Å²) in [6, 6.07) is 61.9. The molecule has 0 aliphatic heterocycles. The van der Waals surface area contributed by atoms with Crippen molar-refractivity contribution in [1.82, 2.24) is 14.1 Å². The standard InChI is InChI=1S/C47H29N3S/c1-3-10-30(11-4-1)31-17-21-43-38(26-31)39-28-33(19-23-44(39)50(43)35-20-24-45-40(29-35)47-46(51-45)16-9-25-48-47)32-18-22-42-37(27-32)36-14-7-8-15-41(36)49(42)34-12-5-2-6-13-34/h1-29H. The highest BCUT2D eigenvalue weighted by atomic mass is 32.1. The molecule has 0 saturated carbocycles. The van der Waals surface area contributed by atoms with E-state index in [4.69, 9.17) is 4.98 Å². The minimum Gasteiger partial charge on any atom is -0.309 e. The van der Waals surface area contributed by atoms with Crippen molar-refractivity contribution in [1.29, 1.82) is 0 Å². The summed E-state index contributed by atoms with van der Waals surface area (Å²) in [5.74, 6) is 0. The van der Waals surface area contributed by atoms with E-state index in [9.17, 15) is 0 Å². The number of rotatable bonds is 4. The van der Waals surface area contributed by atoms with E-state index in [2.05, 4.69) is 173 Å². The first-order valence-corrected chi connectivity index (χ1v) is 18.1. The zero-order valence-electron chi connectivity index (χ0n) is 27.5. The molecule has 238 valence electrons. The lowest BCUT2D eigenvalue weighted by atomic mass is 9.99. The van der Waals surface area contributed by atoms with Gasteiger partial charge in [-0.3, -0.25) is 4.98 Å². The smallest absolute Gasteiger partial charge is 0.0889 e. The molecule has 4 aromatic heterocycles. The second kappa shape index (κ2) is 11.0. The monoisotopic (exact) mass is 667 g/mol. The summed E-state index contributed by atoms with van der Waals surface area (Å²) >= 11 is 1.80. The molecule has 0 bridgehead atoms. The molecule has 4 heterocycles. The van der Waals surface area contributed by atoms with Crippen molar-refractivity contribution in [2.45, 2.75) is 0 Å². The number of nitrogens with zero attached hydrogens (tertiary/aromatic N) is 3. The van der Waals surface area contributed by atoms with Crippen molar-refractivity contribution in [3.8, 4) is 33.6 Å². The molecule has 0 unspecified atom stereocenters. The van der Waals surface area contributed by atoms with E-state index in [1.54, 1.807) is 11.3 Å². The van der Waals surface area contributed by atoms with Gasteiger partial charge in [-0.1, -0.05) is 84.9 Å². The molecule has 4 heteroatoms. The fourth-order valence-electron chi connectivity index (χ4n) is 8.02. The van der Waals surface area contributed by atoms with E-state index in [1.807, 2.05) is 12.3 Å². The Morgan fingerprint density at radius 1 is 0.353 bits per heavy atom. The Kier molecular flexibility index (Phi) is 6.12. The Balaban J connectivity index is 1.14. The molecule has 0 spiro atoms. The Morgan fingerprint density at radius 3 is 1.63 bits per heavy atom. The molecule has 0 fully saturated rings. The SMILES string of the molecule is c1ccc(-c2ccc3c(c2)c2cc(-c4ccc5c(c4)c4ccccc4n5-c4ccccc4)ccc2n3-c2ccc3sc4cccnc4c3c2)cc1. The van der Waals surface area contributed by atoms with Gasteiger partial charge in [0.15, 0.2) is 0 Å². The van der Waals surface area contributed by atoms with Crippen molar-refractivity contribution < 1.29 is 0 Å². The van der Waals surface area contributed by atoms with Crippen LogP contribution in [0.3, 0.4) is 0 Å². The normalized spacial score (nSPS) is 11.9. The largest absolute Gasteiger partial charge is 0.309 e. The van der Waals surface area contributed by atoms with Crippen LogP contribution in [0.25, 0.3) is 97.5 Å². The number of hydrogen-bond acceptors (Lipinski definition) is 2. The van der Waals surface area contributed by atoms with Crippen LogP contribution in [0.2, 0.25) is 0 Å². The molecule has 0 radical (unpaired) electrons. The molecule has 7 aromatic carbocycles. The van der Waals surface area contributed by atoms with Gasteiger partial charge in [-0.2, -0.15) is 0 Å². The van der Waals surface area contributed by atoms with Gasteiger partial charge in [-0.15, -0.1) is 11.3 Å². The van der Waals surface area contributed by atoms with E-state index in [-0.39, 0.29) is 0 Å². The van der Waals surface area contributed by atoms with Crippen molar-refractivity contribution >= 4 is 75.3 Å². The maximum absolute atomic E-state index is 4.77. The topological polar surface area (TPSA) is 22.8 Å². The predicted octanol–water partition coefficient (Wildman–Crippen LogP) is 13.0. The zero-order valence-corrected chi connectivity index (χ0v) is 28.3. The van der Waals surface area contributed by atoms with Crippen LogP contribution in [0.5, 0.6) is 0 Å². The lowest BCUT2D eigenvalue weighted by Crippen LogP contribution is -1.94. The number of hydrogen-bond donors (Lipinski definition) is 0. The highest BCUT2D eigenvalue weighted by Crippen LogP contribution is 2.41. The van der Waals surface area contributed by atoms with Crippen molar-refractivity contribution in [2.75, 3.05) is 0 Å². The van der Waals surface area contributed by atoms with Crippen LogP contribution in [0, 0.1) is 0 Å². The Labute approximate surface area is 297 Å². The average molecular weight is 668 g/mol. The van der Waals surface area contributed by atoms with Gasteiger partial charge in [0.1, 0.15) is 0 Å². The van der Waals surface area contributed by atoms with Crippen molar-refractivity contribution in [3.05, 3.63) is 176 Å². The van der Waals surface area contributed by atoms with Gasteiger partial charge in [-0.25, -0.2) is 0 Å². The molecule has 0 saturated heterocycles. The third kappa shape index (κ3) is 4.33.